The minimum atomic E-state index is -5.08. The Bertz CT molecular complexity index is 1380. The van der Waals surface area contributed by atoms with Gasteiger partial charge in [-0.3, -0.25) is 9.59 Å². The lowest BCUT2D eigenvalue weighted by molar-refractivity contribution is -0.192. The standard InChI is InChI=1S/C25H34N4O8S.C2HF3O2/c1-17-13-20(14-18(2)23(17)38(34,35)29-21(15-26)24(31)32)36-12-6-9-22(30)27-10-11-28-25(33)37-16-19-7-4-3-5-8-19;3-2(4,5)1(6)7/h3-5,7-8,13-14,21,29H,6,9-12,15-16,26H2,1-2H3,(H,27,30)(H,28,33)(H,31,32);(H,6,7)/t21-;/m0./s1. The maximum absolute atomic E-state index is 12.7. The molecule has 7 N–H and O–H groups in total. The molecular weight excluding hydrogens is 629 g/mol. The number of ether oxygens (including phenoxy) is 2. The molecule has 0 aliphatic rings. The van der Waals surface area contributed by atoms with E-state index in [0.29, 0.717) is 23.3 Å². The Balaban J connectivity index is 0.00000129. The molecule has 2 amide bonds. The summed E-state index contributed by atoms with van der Waals surface area (Å²) in [5.41, 5.74) is 6.97. The predicted octanol–water partition coefficient (Wildman–Crippen LogP) is 1.83. The zero-order chi connectivity index (χ0) is 34.2. The molecule has 0 heterocycles. The van der Waals surface area contributed by atoms with Gasteiger partial charge in [0.2, 0.25) is 15.9 Å². The summed E-state index contributed by atoms with van der Waals surface area (Å²) >= 11 is 0. The van der Waals surface area contributed by atoms with Crippen molar-refractivity contribution in [1.82, 2.24) is 15.4 Å². The van der Waals surface area contributed by atoms with Crippen molar-refractivity contribution in [3.63, 3.8) is 0 Å². The number of nitrogens with two attached hydrogens (primary N) is 1. The van der Waals surface area contributed by atoms with E-state index in [1.807, 2.05) is 30.3 Å². The van der Waals surface area contributed by atoms with E-state index < -0.39 is 40.3 Å². The Labute approximate surface area is 257 Å². The number of rotatable bonds is 15. The molecule has 0 aliphatic carbocycles. The van der Waals surface area contributed by atoms with Crippen LogP contribution in [0, 0.1) is 13.8 Å². The van der Waals surface area contributed by atoms with Crippen molar-refractivity contribution in [2.24, 2.45) is 5.73 Å². The molecule has 0 radical (unpaired) electrons. The molecule has 0 bridgehead atoms. The van der Waals surface area contributed by atoms with Gasteiger partial charge in [0.15, 0.2) is 0 Å². The van der Waals surface area contributed by atoms with Gasteiger partial charge in [-0.2, -0.15) is 17.9 Å². The Morgan fingerprint density at radius 3 is 2.04 bits per heavy atom. The smallest absolute Gasteiger partial charge is 0.490 e. The first-order valence-electron chi connectivity index (χ1n) is 13.2. The summed E-state index contributed by atoms with van der Waals surface area (Å²) in [4.78, 5) is 43.7. The van der Waals surface area contributed by atoms with Crippen LogP contribution in [0.1, 0.15) is 29.5 Å². The van der Waals surface area contributed by atoms with Crippen LogP contribution in [-0.4, -0.2) is 81.0 Å². The van der Waals surface area contributed by atoms with Gasteiger partial charge in [-0.25, -0.2) is 18.0 Å². The van der Waals surface area contributed by atoms with Gasteiger partial charge in [0.1, 0.15) is 18.4 Å². The molecule has 0 spiro atoms. The highest BCUT2D eigenvalue weighted by atomic mass is 32.2. The molecule has 45 heavy (non-hydrogen) atoms. The zero-order valence-electron chi connectivity index (χ0n) is 24.3. The monoisotopic (exact) mass is 664 g/mol. The SMILES string of the molecule is Cc1cc(OCCCC(=O)NCCNC(=O)OCc2ccccc2)cc(C)c1S(=O)(=O)N[C@@H](CN)C(=O)O.O=C(O)C(F)(F)F. The molecule has 0 fully saturated rings. The number of carboxylic acids is 2. The molecule has 1 atom stereocenters. The first-order chi connectivity index (χ1) is 21.0. The fourth-order valence-electron chi connectivity index (χ4n) is 3.52. The van der Waals surface area contributed by atoms with Crippen LogP contribution < -0.4 is 25.8 Å². The highest BCUT2D eigenvalue weighted by molar-refractivity contribution is 7.89. The number of carbonyl (C=O) groups excluding carboxylic acids is 2. The molecular formula is C27H35F3N4O10S. The van der Waals surface area contributed by atoms with Gasteiger partial charge in [0.05, 0.1) is 11.5 Å². The highest BCUT2D eigenvalue weighted by Gasteiger charge is 2.38. The van der Waals surface area contributed by atoms with Crippen molar-refractivity contribution in [3.8, 4) is 5.75 Å². The lowest BCUT2D eigenvalue weighted by Crippen LogP contribution is -2.45. The van der Waals surface area contributed by atoms with Crippen LogP contribution >= 0.6 is 0 Å². The molecule has 18 heteroatoms. The van der Waals surface area contributed by atoms with Crippen molar-refractivity contribution < 1.29 is 60.5 Å². The van der Waals surface area contributed by atoms with Crippen LogP contribution in [0.5, 0.6) is 5.75 Å². The number of sulfonamides is 1. The second-order valence-electron chi connectivity index (χ2n) is 9.23. The Morgan fingerprint density at radius 1 is 0.978 bits per heavy atom. The lowest BCUT2D eigenvalue weighted by Gasteiger charge is -2.17. The van der Waals surface area contributed by atoms with Crippen molar-refractivity contribution in [3.05, 3.63) is 59.2 Å². The summed E-state index contributed by atoms with van der Waals surface area (Å²) in [6.07, 6.45) is -5.05. The van der Waals surface area contributed by atoms with E-state index in [-0.39, 0.29) is 50.1 Å². The number of alkyl carbamates (subject to hydrolysis) is 1. The number of benzene rings is 2. The van der Waals surface area contributed by atoms with Gasteiger partial charge in [-0.05, 0) is 49.1 Å². The normalized spacial score (nSPS) is 11.8. The van der Waals surface area contributed by atoms with E-state index in [1.165, 1.54) is 12.1 Å². The Kier molecular flexibility index (Phi) is 15.8. The third kappa shape index (κ3) is 14.7. The van der Waals surface area contributed by atoms with Gasteiger partial charge in [0.25, 0.3) is 0 Å². The molecule has 0 saturated heterocycles. The summed E-state index contributed by atoms with van der Waals surface area (Å²) in [5.74, 6) is -3.91. The molecule has 2 aromatic rings. The summed E-state index contributed by atoms with van der Waals surface area (Å²) in [7, 11) is -4.12. The van der Waals surface area contributed by atoms with E-state index in [9.17, 15) is 36.0 Å². The Hall–Kier alpha value is -4.42. The van der Waals surface area contributed by atoms with Crippen molar-refractivity contribution in [2.45, 2.75) is 50.4 Å². The summed E-state index contributed by atoms with van der Waals surface area (Å²) < 4.78 is 70.0. The number of hydrogen-bond acceptors (Lipinski definition) is 9. The number of alkyl halides is 3. The predicted molar refractivity (Wildman–Crippen MR) is 153 cm³/mol. The fourth-order valence-corrected chi connectivity index (χ4v) is 5.17. The van der Waals surface area contributed by atoms with E-state index >= 15 is 0 Å². The maximum Gasteiger partial charge on any atom is 0.490 e. The van der Waals surface area contributed by atoms with Crippen LogP contribution in [0.2, 0.25) is 0 Å². The molecule has 0 aliphatic heterocycles. The van der Waals surface area contributed by atoms with E-state index in [0.717, 1.165) is 5.56 Å². The van der Waals surface area contributed by atoms with E-state index in [2.05, 4.69) is 15.4 Å². The number of aryl methyl sites for hydroxylation is 2. The first-order valence-corrected chi connectivity index (χ1v) is 14.7. The number of halogens is 3. The molecule has 0 unspecified atom stereocenters. The summed E-state index contributed by atoms with van der Waals surface area (Å²) in [6, 6.07) is 10.9. The van der Waals surface area contributed by atoms with Gasteiger partial charge < -0.3 is 36.1 Å². The van der Waals surface area contributed by atoms with Crippen LogP contribution in [0.3, 0.4) is 0 Å². The maximum atomic E-state index is 12.7. The molecule has 14 nitrogen and oxygen atoms in total. The topological polar surface area (TPSA) is 223 Å². The van der Waals surface area contributed by atoms with Crippen LogP contribution in [-0.2, 0) is 35.8 Å². The van der Waals surface area contributed by atoms with Gasteiger partial charge in [-0.1, -0.05) is 30.3 Å². The summed E-state index contributed by atoms with van der Waals surface area (Å²) in [6.45, 7) is 3.60. The number of aliphatic carboxylic acids is 2. The molecule has 2 rings (SSSR count). The highest BCUT2D eigenvalue weighted by Crippen LogP contribution is 2.26. The number of amides is 2. The quantitative estimate of drug-likeness (QED) is 0.151. The average molecular weight is 665 g/mol. The second kappa shape index (κ2) is 18.4. The van der Waals surface area contributed by atoms with Crippen molar-refractivity contribution in [2.75, 3.05) is 26.2 Å². The minimum absolute atomic E-state index is 0.0403. The number of nitrogens with one attached hydrogen (secondary N) is 3. The largest absolute Gasteiger partial charge is 0.494 e. The fraction of sp³-hybridized carbons (Fsp3) is 0.407. The van der Waals surface area contributed by atoms with Crippen LogP contribution in [0.4, 0.5) is 18.0 Å². The number of carbonyl (C=O) groups is 4. The molecule has 250 valence electrons. The van der Waals surface area contributed by atoms with Gasteiger partial charge in [-0.15, -0.1) is 0 Å². The van der Waals surface area contributed by atoms with Gasteiger partial charge >= 0.3 is 24.2 Å². The minimum Gasteiger partial charge on any atom is -0.494 e. The molecule has 0 saturated carbocycles. The second-order valence-corrected chi connectivity index (χ2v) is 10.9. The van der Waals surface area contributed by atoms with Crippen LogP contribution in [0.15, 0.2) is 47.4 Å². The lowest BCUT2D eigenvalue weighted by atomic mass is 10.1. The van der Waals surface area contributed by atoms with Crippen LogP contribution in [0.25, 0.3) is 0 Å². The average Bonchev–Trinajstić information content (AvgIpc) is 2.95. The summed E-state index contributed by atoms with van der Waals surface area (Å²) in [5, 5.41) is 21.5. The first kappa shape index (κ1) is 38.6. The number of hydrogen-bond donors (Lipinski definition) is 6. The third-order valence-electron chi connectivity index (χ3n) is 5.52. The van der Waals surface area contributed by atoms with Crippen molar-refractivity contribution >= 4 is 34.0 Å². The molecule has 0 aromatic heterocycles. The number of carboxylic acid groups (broad SMARTS) is 2. The Morgan fingerprint density at radius 2 is 1.53 bits per heavy atom. The van der Waals surface area contributed by atoms with Crippen molar-refractivity contribution in [1.29, 1.82) is 0 Å². The van der Waals surface area contributed by atoms with Gasteiger partial charge in [0, 0.05) is 26.1 Å². The van der Waals surface area contributed by atoms with E-state index in [4.69, 9.17) is 30.2 Å². The van der Waals surface area contributed by atoms with E-state index in [1.54, 1.807) is 13.8 Å². The third-order valence-corrected chi connectivity index (χ3v) is 7.30. The molecule has 2 aromatic carbocycles. The zero-order valence-corrected chi connectivity index (χ0v) is 25.2.